The van der Waals surface area contributed by atoms with E-state index in [9.17, 15) is 9.59 Å². The maximum Gasteiger partial charge on any atom is 0.267 e. The maximum absolute atomic E-state index is 12.0. The van der Waals surface area contributed by atoms with Crippen molar-refractivity contribution in [2.75, 3.05) is 0 Å². The second-order valence-corrected chi connectivity index (χ2v) is 5.90. The molecule has 0 atom stereocenters. The van der Waals surface area contributed by atoms with Gasteiger partial charge in [0.1, 0.15) is 0 Å². The number of carbonyl (C=O) groups excluding carboxylic acids is 1. The van der Waals surface area contributed by atoms with Gasteiger partial charge in [-0.3, -0.25) is 25.5 Å². The van der Waals surface area contributed by atoms with Crippen molar-refractivity contribution in [1.29, 1.82) is 0 Å². The van der Waals surface area contributed by atoms with Crippen LogP contribution in [0.25, 0.3) is 16.5 Å². The van der Waals surface area contributed by atoms with Gasteiger partial charge >= 0.3 is 0 Å². The molecule has 1 heterocycles. The van der Waals surface area contributed by atoms with Crippen LogP contribution < -0.4 is 16.4 Å². The quantitative estimate of drug-likeness (QED) is 0.521. The lowest BCUT2D eigenvalue weighted by molar-refractivity contribution is -0.121. The molecule has 0 saturated heterocycles. The van der Waals surface area contributed by atoms with E-state index in [0.29, 0.717) is 17.7 Å². The van der Waals surface area contributed by atoms with Crippen molar-refractivity contribution in [2.24, 2.45) is 0 Å². The van der Waals surface area contributed by atoms with Gasteiger partial charge in [-0.2, -0.15) is 0 Å². The molecule has 6 heteroatoms. The number of amides is 1. The molecule has 1 amide bonds. The lowest BCUT2D eigenvalue weighted by atomic mass is 10.1. The average Bonchev–Trinajstić information content (AvgIpc) is 2.95. The fourth-order valence-corrected chi connectivity index (χ4v) is 2.67. The van der Waals surface area contributed by atoms with Crippen LogP contribution in [0.3, 0.4) is 0 Å². The van der Waals surface area contributed by atoms with E-state index >= 15 is 0 Å². The minimum Gasteiger partial charge on any atom is -0.302 e. The number of benzene rings is 2. The predicted molar refractivity (Wildman–Crippen MR) is 98.7 cm³/mol. The summed E-state index contributed by atoms with van der Waals surface area (Å²) in [7, 11) is 0. The molecule has 3 aromatic rings. The van der Waals surface area contributed by atoms with Crippen LogP contribution in [0.5, 0.6) is 0 Å². The summed E-state index contributed by atoms with van der Waals surface area (Å²) in [6, 6.07) is 14.0. The van der Waals surface area contributed by atoms with Gasteiger partial charge in [-0.05, 0) is 35.7 Å². The molecule has 3 rings (SSSR count). The van der Waals surface area contributed by atoms with Crippen molar-refractivity contribution in [1.82, 2.24) is 21.0 Å². The third-order valence-corrected chi connectivity index (χ3v) is 4.14. The lowest BCUT2D eigenvalue weighted by Crippen LogP contribution is -2.36. The molecule has 0 saturated carbocycles. The zero-order valence-corrected chi connectivity index (χ0v) is 14.0. The average molecular weight is 336 g/mol. The van der Waals surface area contributed by atoms with Crippen LogP contribution >= 0.6 is 0 Å². The Morgan fingerprint density at radius 3 is 2.56 bits per heavy atom. The standard InChI is InChI=1S/C19H20N4O2/c1-12(15-8-7-14-5-3-4-6-16(14)11-15)20-22-18(24)10-9-17-13(2)21-23-19(17)25/h3-8,11,20H,1,9-10H2,2H3,(H,22,24)(H2,21,23,25). The highest BCUT2D eigenvalue weighted by Gasteiger charge is 2.09. The van der Waals surface area contributed by atoms with E-state index in [2.05, 4.69) is 27.6 Å². The highest BCUT2D eigenvalue weighted by Crippen LogP contribution is 2.18. The Bertz CT molecular complexity index is 984. The number of hydrogen-bond acceptors (Lipinski definition) is 3. The second kappa shape index (κ2) is 7.09. The Kier molecular flexibility index (Phi) is 4.70. The van der Waals surface area contributed by atoms with Crippen molar-refractivity contribution in [3.63, 3.8) is 0 Å². The summed E-state index contributed by atoms with van der Waals surface area (Å²) in [6.07, 6.45) is 0.584. The van der Waals surface area contributed by atoms with Crippen LogP contribution in [0.4, 0.5) is 0 Å². The van der Waals surface area contributed by atoms with E-state index in [1.54, 1.807) is 6.92 Å². The molecule has 1 aromatic heterocycles. The van der Waals surface area contributed by atoms with Gasteiger partial charge in [0.05, 0.1) is 5.70 Å². The Labute approximate surface area is 144 Å². The minimum atomic E-state index is -0.207. The number of aromatic amines is 2. The van der Waals surface area contributed by atoms with Crippen molar-refractivity contribution in [2.45, 2.75) is 19.8 Å². The minimum absolute atomic E-state index is 0.182. The summed E-state index contributed by atoms with van der Waals surface area (Å²) in [5.74, 6) is -0.207. The van der Waals surface area contributed by atoms with Gasteiger partial charge in [0.2, 0.25) is 5.91 Å². The van der Waals surface area contributed by atoms with E-state index in [4.69, 9.17) is 0 Å². The van der Waals surface area contributed by atoms with Crippen molar-refractivity contribution < 1.29 is 4.79 Å². The summed E-state index contributed by atoms with van der Waals surface area (Å²) in [5.41, 5.74) is 8.14. The van der Waals surface area contributed by atoms with Gasteiger partial charge < -0.3 is 5.10 Å². The Morgan fingerprint density at radius 1 is 1.08 bits per heavy atom. The fraction of sp³-hybridized carbons (Fsp3) is 0.158. The monoisotopic (exact) mass is 336 g/mol. The second-order valence-electron chi connectivity index (χ2n) is 5.90. The first-order valence-electron chi connectivity index (χ1n) is 8.03. The molecule has 0 spiro atoms. The summed E-state index contributed by atoms with van der Waals surface area (Å²) in [5, 5.41) is 7.51. The summed E-state index contributed by atoms with van der Waals surface area (Å²) in [4.78, 5) is 23.5. The molecular formula is C19H20N4O2. The van der Waals surface area contributed by atoms with E-state index in [1.807, 2.05) is 42.5 Å². The molecule has 0 radical (unpaired) electrons. The van der Waals surface area contributed by atoms with E-state index in [1.165, 1.54) is 0 Å². The van der Waals surface area contributed by atoms with E-state index < -0.39 is 0 Å². The first-order chi connectivity index (χ1) is 12.0. The molecular weight excluding hydrogens is 316 g/mol. The molecule has 0 aliphatic rings. The molecule has 0 bridgehead atoms. The molecule has 2 aromatic carbocycles. The smallest absolute Gasteiger partial charge is 0.267 e. The maximum atomic E-state index is 12.0. The SMILES string of the molecule is C=C(NNC(=O)CCc1c(C)[nH][nH]c1=O)c1ccc2ccccc2c1. The number of carbonyl (C=O) groups is 1. The summed E-state index contributed by atoms with van der Waals surface area (Å²) >= 11 is 0. The number of hydrazine groups is 1. The van der Waals surface area contributed by atoms with Crippen LogP contribution in [0.15, 0.2) is 53.8 Å². The zero-order chi connectivity index (χ0) is 17.8. The third-order valence-electron chi connectivity index (χ3n) is 4.14. The first-order valence-corrected chi connectivity index (χ1v) is 8.03. The normalized spacial score (nSPS) is 10.6. The third kappa shape index (κ3) is 3.80. The first kappa shape index (κ1) is 16.6. The van der Waals surface area contributed by atoms with Gasteiger partial charge in [0, 0.05) is 17.7 Å². The molecule has 0 unspecified atom stereocenters. The molecule has 25 heavy (non-hydrogen) atoms. The van der Waals surface area contributed by atoms with Gasteiger partial charge in [-0.25, -0.2) is 0 Å². The Hall–Kier alpha value is -3.28. The molecule has 6 nitrogen and oxygen atoms in total. The summed E-state index contributed by atoms with van der Waals surface area (Å²) < 4.78 is 0. The van der Waals surface area contributed by atoms with Crippen molar-refractivity contribution in [3.8, 4) is 0 Å². The number of H-pyrrole nitrogens is 2. The number of aromatic nitrogens is 2. The van der Waals surface area contributed by atoms with Crippen LogP contribution in [-0.2, 0) is 11.2 Å². The number of hydrogen-bond donors (Lipinski definition) is 4. The van der Waals surface area contributed by atoms with Crippen molar-refractivity contribution >= 4 is 22.4 Å². The number of nitrogens with one attached hydrogen (secondary N) is 4. The summed E-state index contributed by atoms with van der Waals surface area (Å²) in [6.45, 7) is 5.75. The molecule has 0 aliphatic heterocycles. The highest BCUT2D eigenvalue weighted by molar-refractivity contribution is 5.86. The Morgan fingerprint density at radius 2 is 1.84 bits per heavy atom. The van der Waals surface area contributed by atoms with E-state index in [0.717, 1.165) is 22.0 Å². The van der Waals surface area contributed by atoms with Crippen LogP contribution in [0.2, 0.25) is 0 Å². The number of rotatable bonds is 6. The van der Waals surface area contributed by atoms with Gasteiger partial charge in [-0.1, -0.05) is 43.0 Å². The number of aryl methyl sites for hydroxylation is 1. The highest BCUT2D eigenvalue weighted by atomic mass is 16.2. The molecule has 4 N–H and O–H groups in total. The molecule has 128 valence electrons. The zero-order valence-electron chi connectivity index (χ0n) is 14.0. The van der Waals surface area contributed by atoms with Crippen LogP contribution in [0.1, 0.15) is 23.2 Å². The molecule has 0 aliphatic carbocycles. The van der Waals surface area contributed by atoms with Gasteiger partial charge in [-0.15, -0.1) is 0 Å². The van der Waals surface area contributed by atoms with Gasteiger partial charge in [0.15, 0.2) is 0 Å². The van der Waals surface area contributed by atoms with Crippen LogP contribution in [-0.4, -0.2) is 16.1 Å². The van der Waals surface area contributed by atoms with Crippen molar-refractivity contribution in [3.05, 3.63) is 76.2 Å². The van der Waals surface area contributed by atoms with E-state index in [-0.39, 0.29) is 17.9 Å². The Balaban J connectivity index is 1.55. The fourth-order valence-electron chi connectivity index (χ4n) is 2.67. The lowest BCUT2D eigenvalue weighted by Gasteiger charge is -2.12. The predicted octanol–water partition coefficient (Wildman–Crippen LogP) is 2.39. The number of fused-ring (bicyclic) bond motifs is 1. The van der Waals surface area contributed by atoms with Gasteiger partial charge in [0.25, 0.3) is 5.56 Å². The molecule has 0 fully saturated rings. The van der Waals surface area contributed by atoms with Crippen LogP contribution in [0, 0.1) is 6.92 Å². The topological polar surface area (TPSA) is 89.8 Å². The largest absolute Gasteiger partial charge is 0.302 e.